The summed E-state index contributed by atoms with van der Waals surface area (Å²) in [5, 5.41) is 8.64. The molecule has 1 amide bonds. The maximum absolute atomic E-state index is 12.2. The largest absolute Gasteiger partial charge is 0.384 e. The number of nitrogens with zero attached hydrogens (tertiary/aromatic N) is 1. The van der Waals surface area contributed by atoms with Gasteiger partial charge >= 0.3 is 0 Å². The number of aliphatic hydroxyl groups excluding tert-OH is 1. The predicted octanol–water partition coefficient (Wildman–Crippen LogP) is -0.215. The van der Waals surface area contributed by atoms with E-state index in [9.17, 15) is 13.2 Å². The summed E-state index contributed by atoms with van der Waals surface area (Å²) in [5.41, 5.74) is 0.471. The summed E-state index contributed by atoms with van der Waals surface area (Å²) >= 11 is 0. The van der Waals surface area contributed by atoms with Gasteiger partial charge in [0.05, 0.1) is 10.9 Å². The topological polar surface area (TPSA) is 86.7 Å². The standard InChI is InChI=1S/C14H18N2O4S/c1-11(14(18)16(2)3)15-21(19,20)13-8-4-6-12(10-13)7-5-9-17/h4,6,8,10-11,15,17H,9H2,1-3H3. The first-order valence-electron chi connectivity index (χ1n) is 6.21. The fourth-order valence-electron chi connectivity index (χ4n) is 1.62. The predicted molar refractivity (Wildman–Crippen MR) is 78.9 cm³/mol. The van der Waals surface area contributed by atoms with Crippen LogP contribution in [0.1, 0.15) is 12.5 Å². The van der Waals surface area contributed by atoms with Crippen LogP contribution in [0.5, 0.6) is 0 Å². The lowest BCUT2D eigenvalue weighted by atomic mass is 10.2. The van der Waals surface area contributed by atoms with Gasteiger partial charge in [-0.25, -0.2) is 8.42 Å². The maximum Gasteiger partial charge on any atom is 0.241 e. The van der Waals surface area contributed by atoms with E-state index in [1.807, 2.05) is 0 Å². The Kier molecular flexibility index (Phi) is 5.90. The first-order chi connectivity index (χ1) is 9.77. The van der Waals surface area contributed by atoms with Crippen molar-refractivity contribution >= 4 is 15.9 Å². The lowest BCUT2D eigenvalue weighted by Crippen LogP contribution is -2.44. The fourth-order valence-corrected chi connectivity index (χ4v) is 2.86. The number of likely N-dealkylation sites (N-methyl/N-ethyl adjacent to an activating group) is 1. The minimum atomic E-state index is -3.81. The highest BCUT2D eigenvalue weighted by Crippen LogP contribution is 2.11. The van der Waals surface area contributed by atoms with Gasteiger partial charge in [-0.3, -0.25) is 4.79 Å². The molecule has 0 radical (unpaired) electrons. The lowest BCUT2D eigenvalue weighted by Gasteiger charge is -2.18. The molecule has 21 heavy (non-hydrogen) atoms. The van der Waals surface area contributed by atoms with Crippen molar-refractivity contribution in [3.8, 4) is 11.8 Å². The minimum Gasteiger partial charge on any atom is -0.384 e. The van der Waals surface area contributed by atoms with Gasteiger partial charge in [0.1, 0.15) is 6.61 Å². The number of sulfonamides is 1. The van der Waals surface area contributed by atoms with Crippen LogP contribution in [0.2, 0.25) is 0 Å². The molecular formula is C14H18N2O4S. The molecule has 0 fully saturated rings. The zero-order valence-electron chi connectivity index (χ0n) is 12.1. The van der Waals surface area contributed by atoms with E-state index in [1.54, 1.807) is 26.2 Å². The second kappa shape index (κ2) is 7.22. The van der Waals surface area contributed by atoms with Crippen molar-refractivity contribution in [2.75, 3.05) is 20.7 Å². The van der Waals surface area contributed by atoms with Crippen LogP contribution in [0.4, 0.5) is 0 Å². The smallest absolute Gasteiger partial charge is 0.241 e. The van der Waals surface area contributed by atoms with E-state index in [-0.39, 0.29) is 17.4 Å². The number of amides is 1. The zero-order chi connectivity index (χ0) is 16.0. The van der Waals surface area contributed by atoms with Gasteiger partial charge in [0, 0.05) is 19.7 Å². The Labute approximate surface area is 124 Å². The Balaban J connectivity index is 3.00. The third-order valence-electron chi connectivity index (χ3n) is 2.60. The summed E-state index contributed by atoms with van der Waals surface area (Å²) in [6, 6.07) is 5.12. The molecule has 1 rings (SSSR count). The van der Waals surface area contributed by atoms with E-state index in [2.05, 4.69) is 16.6 Å². The summed E-state index contributed by atoms with van der Waals surface area (Å²) < 4.78 is 26.8. The first kappa shape index (κ1) is 17.2. The minimum absolute atomic E-state index is 0.0191. The van der Waals surface area contributed by atoms with Crippen molar-refractivity contribution in [2.24, 2.45) is 0 Å². The molecule has 1 aromatic carbocycles. The van der Waals surface area contributed by atoms with Crippen molar-refractivity contribution in [3.05, 3.63) is 29.8 Å². The van der Waals surface area contributed by atoms with Gasteiger partial charge in [0.2, 0.25) is 15.9 Å². The van der Waals surface area contributed by atoms with Crippen LogP contribution in [0, 0.1) is 11.8 Å². The summed E-state index contributed by atoms with van der Waals surface area (Å²) in [5.74, 6) is 4.74. The molecule has 6 nitrogen and oxygen atoms in total. The van der Waals surface area contributed by atoms with E-state index in [0.29, 0.717) is 5.56 Å². The van der Waals surface area contributed by atoms with Crippen molar-refractivity contribution in [1.82, 2.24) is 9.62 Å². The molecule has 2 N–H and O–H groups in total. The van der Waals surface area contributed by atoms with Gasteiger partial charge in [-0.1, -0.05) is 17.9 Å². The normalized spacial score (nSPS) is 12.2. The third kappa shape index (κ3) is 4.86. The van der Waals surface area contributed by atoms with E-state index >= 15 is 0 Å². The number of hydrogen-bond donors (Lipinski definition) is 2. The molecule has 0 aliphatic rings. The maximum atomic E-state index is 12.2. The summed E-state index contributed by atoms with van der Waals surface area (Å²) in [6.45, 7) is 1.18. The molecule has 0 aromatic heterocycles. The highest BCUT2D eigenvalue weighted by atomic mass is 32.2. The van der Waals surface area contributed by atoms with E-state index in [1.165, 1.54) is 24.0 Å². The van der Waals surface area contributed by atoms with Gasteiger partial charge in [-0.2, -0.15) is 4.72 Å². The van der Waals surface area contributed by atoms with Crippen molar-refractivity contribution < 1.29 is 18.3 Å². The number of benzene rings is 1. The molecule has 1 aromatic rings. The number of carbonyl (C=O) groups is 1. The Morgan fingerprint density at radius 1 is 1.43 bits per heavy atom. The van der Waals surface area contributed by atoms with Crippen LogP contribution in [0.25, 0.3) is 0 Å². The number of nitrogens with one attached hydrogen (secondary N) is 1. The van der Waals surface area contributed by atoms with Gasteiger partial charge in [0.25, 0.3) is 0 Å². The summed E-state index contributed by atoms with van der Waals surface area (Å²) in [6.07, 6.45) is 0. The highest BCUT2D eigenvalue weighted by molar-refractivity contribution is 7.89. The fraction of sp³-hybridized carbons (Fsp3) is 0.357. The van der Waals surface area contributed by atoms with Crippen LogP contribution in [0.15, 0.2) is 29.2 Å². The van der Waals surface area contributed by atoms with Gasteiger partial charge in [0.15, 0.2) is 0 Å². The molecule has 0 aliphatic heterocycles. The summed E-state index contributed by atoms with van der Waals surface area (Å²) in [7, 11) is -0.706. The molecule has 1 atom stereocenters. The molecule has 7 heteroatoms. The Hall–Kier alpha value is -1.88. The van der Waals surface area contributed by atoms with Gasteiger partial charge in [-0.15, -0.1) is 0 Å². The average Bonchev–Trinajstić information content (AvgIpc) is 2.44. The quantitative estimate of drug-likeness (QED) is 0.753. The van der Waals surface area contributed by atoms with Crippen LogP contribution < -0.4 is 4.72 Å². The number of rotatable bonds is 4. The SMILES string of the molecule is CC(NS(=O)(=O)c1cccc(C#CCO)c1)C(=O)N(C)C. The molecule has 0 aliphatic carbocycles. The molecule has 0 saturated carbocycles. The molecule has 114 valence electrons. The molecule has 0 spiro atoms. The summed E-state index contributed by atoms with van der Waals surface area (Å²) in [4.78, 5) is 13.0. The Bertz CT molecular complexity index is 672. The monoisotopic (exact) mass is 310 g/mol. The number of carbonyl (C=O) groups excluding carboxylic acids is 1. The second-order valence-electron chi connectivity index (χ2n) is 4.56. The Morgan fingerprint density at radius 2 is 2.10 bits per heavy atom. The molecule has 1 unspecified atom stereocenters. The van der Waals surface area contributed by atoms with E-state index in [0.717, 1.165) is 0 Å². The Morgan fingerprint density at radius 3 is 2.67 bits per heavy atom. The van der Waals surface area contributed by atoms with E-state index < -0.39 is 16.1 Å². The third-order valence-corrected chi connectivity index (χ3v) is 4.14. The van der Waals surface area contributed by atoms with Crippen molar-refractivity contribution in [2.45, 2.75) is 17.9 Å². The zero-order valence-corrected chi connectivity index (χ0v) is 12.9. The second-order valence-corrected chi connectivity index (χ2v) is 6.28. The van der Waals surface area contributed by atoms with Gasteiger partial charge < -0.3 is 10.0 Å². The van der Waals surface area contributed by atoms with Crippen LogP contribution in [-0.2, 0) is 14.8 Å². The number of aliphatic hydroxyl groups is 1. The van der Waals surface area contributed by atoms with E-state index in [4.69, 9.17) is 5.11 Å². The van der Waals surface area contributed by atoms with Crippen LogP contribution >= 0.6 is 0 Å². The van der Waals surface area contributed by atoms with Crippen LogP contribution in [0.3, 0.4) is 0 Å². The van der Waals surface area contributed by atoms with Gasteiger partial charge in [-0.05, 0) is 25.1 Å². The lowest BCUT2D eigenvalue weighted by molar-refractivity contribution is -0.130. The van der Waals surface area contributed by atoms with Crippen molar-refractivity contribution in [3.63, 3.8) is 0 Å². The molecule has 0 heterocycles. The van der Waals surface area contributed by atoms with Crippen molar-refractivity contribution in [1.29, 1.82) is 0 Å². The molecular weight excluding hydrogens is 292 g/mol. The number of hydrogen-bond acceptors (Lipinski definition) is 4. The highest BCUT2D eigenvalue weighted by Gasteiger charge is 2.23. The molecule has 0 saturated heterocycles. The van der Waals surface area contributed by atoms with Crippen LogP contribution in [-0.4, -0.2) is 51.1 Å². The average molecular weight is 310 g/mol. The first-order valence-corrected chi connectivity index (χ1v) is 7.69. The molecule has 0 bridgehead atoms.